The van der Waals surface area contributed by atoms with E-state index < -0.39 is 0 Å². The summed E-state index contributed by atoms with van der Waals surface area (Å²) < 4.78 is 1.10. The largest absolute Gasteiger partial charge is 0.346 e. The topological polar surface area (TPSA) is 71.1 Å². The molecule has 5 nitrogen and oxygen atoms in total. The molecule has 6 heteroatoms. The number of hydrogen-bond acceptors (Lipinski definition) is 4. The van der Waals surface area contributed by atoms with Gasteiger partial charge in [0.25, 0.3) is 0 Å². The van der Waals surface area contributed by atoms with Gasteiger partial charge >= 0.3 is 0 Å². The average molecular weight is 391 g/mol. The number of rotatable bonds is 6. The van der Waals surface area contributed by atoms with E-state index in [2.05, 4.69) is 15.6 Å². The fraction of sp³-hybridized carbons (Fsp3) is 0.227. The third-order valence-electron chi connectivity index (χ3n) is 4.67. The Kier molecular flexibility index (Phi) is 5.21. The Hall–Kier alpha value is -2.99. The summed E-state index contributed by atoms with van der Waals surface area (Å²) in [4.78, 5) is 28.5. The molecule has 0 spiro atoms. The third-order valence-corrected chi connectivity index (χ3v) is 5.67. The van der Waals surface area contributed by atoms with Gasteiger partial charge in [-0.3, -0.25) is 9.59 Å². The molecule has 2 aromatic carbocycles. The summed E-state index contributed by atoms with van der Waals surface area (Å²) in [6, 6.07) is 15.4. The van der Waals surface area contributed by atoms with Crippen LogP contribution in [0.3, 0.4) is 0 Å². The number of benzene rings is 2. The lowest BCUT2D eigenvalue weighted by molar-refractivity contribution is -0.118. The minimum Gasteiger partial charge on any atom is -0.346 e. The van der Waals surface area contributed by atoms with Crippen LogP contribution in [0.4, 0.5) is 5.69 Å². The SMILES string of the molecule is CC(NC(=O)/C=C/c1nc2ccccc2s1)c1ccc(NC(=O)C2CC2)cc1. The molecule has 4 rings (SSSR count). The lowest BCUT2D eigenvalue weighted by Crippen LogP contribution is -2.24. The maximum absolute atomic E-state index is 12.2. The number of para-hydroxylation sites is 1. The highest BCUT2D eigenvalue weighted by Crippen LogP contribution is 2.30. The van der Waals surface area contributed by atoms with E-state index >= 15 is 0 Å². The van der Waals surface area contributed by atoms with Crippen LogP contribution < -0.4 is 10.6 Å². The predicted octanol–water partition coefficient (Wildman–Crippen LogP) is 4.54. The Morgan fingerprint density at radius 2 is 1.89 bits per heavy atom. The van der Waals surface area contributed by atoms with Crippen molar-refractivity contribution < 1.29 is 9.59 Å². The van der Waals surface area contributed by atoms with Gasteiger partial charge in [0.1, 0.15) is 5.01 Å². The summed E-state index contributed by atoms with van der Waals surface area (Å²) in [5, 5.41) is 6.67. The molecular weight excluding hydrogens is 370 g/mol. The number of hydrogen-bond donors (Lipinski definition) is 2. The van der Waals surface area contributed by atoms with Gasteiger partial charge in [-0.05, 0) is 55.7 Å². The summed E-state index contributed by atoms with van der Waals surface area (Å²) in [6.07, 6.45) is 5.22. The zero-order valence-corrected chi connectivity index (χ0v) is 16.3. The fourth-order valence-corrected chi connectivity index (χ4v) is 3.77. The molecule has 2 amide bonds. The molecule has 1 unspecified atom stereocenters. The molecule has 1 saturated carbocycles. The highest BCUT2D eigenvalue weighted by atomic mass is 32.1. The first-order valence-corrected chi connectivity index (χ1v) is 10.1. The van der Waals surface area contributed by atoms with Crippen molar-refractivity contribution in [2.24, 2.45) is 5.92 Å². The van der Waals surface area contributed by atoms with E-state index in [-0.39, 0.29) is 23.8 Å². The van der Waals surface area contributed by atoms with Crippen LogP contribution in [0.1, 0.15) is 36.4 Å². The van der Waals surface area contributed by atoms with Crippen molar-refractivity contribution in [1.82, 2.24) is 10.3 Å². The Balaban J connectivity index is 1.33. The Bertz CT molecular complexity index is 1000. The van der Waals surface area contributed by atoms with E-state index in [1.807, 2.05) is 55.5 Å². The quantitative estimate of drug-likeness (QED) is 0.606. The molecule has 1 aliphatic carbocycles. The molecule has 1 aliphatic rings. The maximum Gasteiger partial charge on any atom is 0.244 e. The standard InChI is InChI=1S/C22H21N3O2S/c1-14(15-8-10-17(11-9-15)24-22(27)16-6-7-16)23-20(26)12-13-21-25-18-4-2-3-5-19(18)28-21/h2-5,8-14,16H,6-7H2,1H3,(H,23,26)(H,24,27)/b13-12+. The van der Waals surface area contributed by atoms with Crippen molar-refractivity contribution in [3.05, 3.63) is 65.2 Å². The smallest absolute Gasteiger partial charge is 0.244 e. The van der Waals surface area contributed by atoms with Crippen molar-refractivity contribution in [3.8, 4) is 0 Å². The molecule has 0 bridgehead atoms. The first-order valence-electron chi connectivity index (χ1n) is 9.33. The first kappa shape index (κ1) is 18.4. The summed E-state index contributed by atoms with van der Waals surface area (Å²) in [6.45, 7) is 1.93. The van der Waals surface area contributed by atoms with Crippen molar-refractivity contribution in [2.45, 2.75) is 25.8 Å². The van der Waals surface area contributed by atoms with E-state index in [4.69, 9.17) is 0 Å². The number of anilines is 1. The van der Waals surface area contributed by atoms with Crippen LogP contribution in [0.25, 0.3) is 16.3 Å². The Labute approximate surface area is 167 Å². The Morgan fingerprint density at radius 1 is 1.14 bits per heavy atom. The van der Waals surface area contributed by atoms with Gasteiger partial charge in [0.15, 0.2) is 0 Å². The number of carbonyl (C=O) groups is 2. The molecule has 28 heavy (non-hydrogen) atoms. The molecule has 0 aliphatic heterocycles. The molecule has 2 N–H and O–H groups in total. The number of amides is 2. The summed E-state index contributed by atoms with van der Waals surface area (Å²) in [5.74, 6) is 0.104. The molecule has 0 radical (unpaired) electrons. The Morgan fingerprint density at radius 3 is 2.61 bits per heavy atom. The molecular formula is C22H21N3O2S. The molecule has 0 saturated heterocycles. The normalized spacial score (nSPS) is 14.9. The summed E-state index contributed by atoms with van der Waals surface area (Å²) >= 11 is 1.55. The number of nitrogens with zero attached hydrogens (tertiary/aromatic N) is 1. The lowest BCUT2D eigenvalue weighted by atomic mass is 10.1. The minimum atomic E-state index is -0.169. The molecule has 1 fully saturated rings. The van der Waals surface area contributed by atoms with Gasteiger partial charge in [-0.15, -0.1) is 11.3 Å². The lowest BCUT2D eigenvalue weighted by Gasteiger charge is -2.14. The van der Waals surface area contributed by atoms with Crippen molar-refractivity contribution in [2.75, 3.05) is 5.32 Å². The average Bonchev–Trinajstić information content (AvgIpc) is 3.46. The third kappa shape index (κ3) is 4.46. The number of nitrogens with one attached hydrogen (secondary N) is 2. The highest BCUT2D eigenvalue weighted by molar-refractivity contribution is 7.19. The number of thiazole rings is 1. The van der Waals surface area contributed by atoms with Crippen molar-refractivity contribution >= 4 is 45.1 Å². The van der Waals surface area contributed by atoms with Crippen molar-refractivity contribution in [3.63, 3.8) is 0 Å². The van der Waals surface area contributed by atoms with E-state index in [0.29, 0.717) is 0 Å². The van der Waals surface area contributed by atoms with Crippen LogP contribution in [0.2, 0.25) is 0 Å². The zero-order valence-electron chi connectivity index (χ0n) is 15.5. The second-order valence-electron chi connectivity index (χ2n) is 6.97. The zero-order chi connectivity index (χ0) is 19.5. The minimum absolute atomic E-state index is 0.0917. The first-order chi connectivity index (χ1) is 13.6. The summed E-state index contributed by atoms with van der Waals surface area (Å²) in [5.41, 5.74) is 2.70. The second-order valence-corrected chi connectivity index (χ2v) is 8.03. The molecule has 3 aromatic rings. The van der Waals surface area contributed by atoms with Crippen molar-refractivity contribution in [1.29, 1.82) is 0 Å². The van der Waals surface area contributed by atoms with E-state index in [1.165, 1.54) is 6.08 Å². The van der Waals surface area contributed by atoms with Gasteiger partial charge in [-0.1, -0.05) is 24.3 Å². The molecule has 142 valence electrons. The highest BCUT2D eigenvalue weighted by Gasteiger charge is 2.29. The van der Waals surface area contributed by atoms with Crippen LogP contribution in [0.5, 0.6) is 0 Å². The summed E-state index contributed by atoms with van der Waals surface area (Å²) in [7, 11) is 0. The molecule has 1 atom stereocenters. The fourth-order valence-electron chi connectivity index (χ4n) is 2.90. The molecule has 1 heterocycles. The number of fused-ring (bicyclic) bond motifs is 1. The van der Waals surface area contributed by atoms with Crippen LogP contribution in [0, 0.1) is 5.92 Å². The van der Waals surface area contributed by atoms with Gasteiger partial charge in [0.2, 0.25) is 11.8 Å². The van der Waals surface area contributed by atoms with Crippen LogP contribution in [-0.2, 0) is 9.59 Å². The van der Waals surface area contributed by atoms with Crippen LogP contribution >= 0.6 is 11.3 Å². The van der Waals surface area contributed by atoms with Gasteiger partial charge in [0, 0.05) is 17.7 Å². The van der Waals surface area contributed by atoms with E-state index in [0.717, 1.165) is 39.3 Å². The van der Waals surface area contributed by atoms with Gasteiger partial charge < -0.3 is 10.6 Å². The van der Waals surface area contributed by atoms with Crippen LogP contribution in [-0.4, -0.2) is 16.8 Å². The number of carbonyl (C=O) groups excluding carboxylic acids is 2. The maximum atomic E-state index is 12.2. The number of aromatic nitrogens is 1. The second kappa shape index (κ2) is 7.94. The monoisotopic (exact) mass is 391 g/mol. The molecule has 1 aromatic heterocycles. The predicted molar refractivity (Wildman–Crippen MR) is 113 cm³/mol. The van der Waals surface area contributed by atoms with Gasteiger partial charge in [-0.25, -0.2) is 4.98 Å². The van der Waals surface area contributed by atoms with E-state index in [1.54, 1.807) is 17.4 Å². The van der Waals surface area contributed by atoms with E-state index in [9.17, 15) is 9.59 Å². The van der Waals surface area contributed by atoms with Gasteiger partial charge in [0.05, 0.1) is 16.3 Å². The van der Waals surface area contributed by atoms with Crippen LogP contribution in [0.15, 0.2) is 54.6 Å². The van der Waals surface area contributed by atoms with Gasteiger partial charge in [-0.2, -0.15) is 0 Å².